The fourth-order valence-electron chi connectivity index (χ4n) is 2.59. The van der Waals surface area contributed by atoms with Crippen LogP contribution < -0.4 is 5.32 Å². The Bertz CT molecular complexity index is 1010. The van der Waals surface area contributed by atoms with Gasteiger partial charge in [0.1, 0.15) is 0 Å². The molecule has 0 spiro atoms. The molecule has 3 aromatic rings. The standard InChI is InChI=1S/C19H17Cl3N4OS/c1-11(23-18(27)13-5-3-4-6-14(13)20)17-24-25-19(26(17)2)28-10-12-7-8-15(21)16(22)9-12/h3-9,11H,10H2,1-2H3,(H,23,27)/t11-/m0/s1. The van der Waals surface area contributed by atoms with Crippen LogP contribution in [0.15, 0.2) is 47.6 Å². The molecular formula is C19H17Cl3N4OS. The van der Waals surface area contributed by atoms with Gasteiger partial charge < -0.3 is 9.88 Å². The number of hydrogen-bond donors (Lipinski definition) is 1. The first-order chi connectivity index (χ1) is 13.4. The molecule has 3 rings (SSSR count). The minimum atomic E-state index is -0.333. The topological polar surface area (TPSA) is 59.8 Å². The number of rotatable bonds is 6. The molecule has 1 heterocycles. The SMILES string of the molecule is C[C@H](NC(=O)c1ccccc1Cl)c1nnc(SCc2ccc(Cl)c(Cl)c2)n1C. The maximum atomic E-state index is 12.5. The average Bonchev–Trinajstić information content (AvgIpc) is 3.03. The Balaban J connectivity index is 1.67. The van der Waals surface area contributed by atoms with Gasteiger partial charge in [0.25, 0.3) is 5.91 Å². The highest BCUT2D eigenvalue weighted by Crippen LogP contribution is 2.27. The lowest BCUT2D eigenvalue weighted by molar-refractivity contribution is 0.0938. The van der Waals surface area contributed by atoms with Crippen molar-refractivity contribution in [2.45, 2.75) is 23.9 Å². The summed E-state index contributed by atoms with van der Waals surface area (Å²) in [4.78, 5) is 12.5. The fraction of sp³-hybridized carbons (Fsp3) is 0.211. The van der Waals surface area contributed by atoms with Gasteiger partial charge in [0.05, 0.1) is 26.7 Å². The molecule has 0 fully saturated rings. The summed E-state index contributed by atoms with van der Waals surface area (Å²) in [5.41, 5.74) is 1.46. The highest BCUT2D eigenvalue weighted by molar-refractivity contribution is 7.98. The van der Waals surface area contributed by atoms with E-state index in [0.29, 0.717) is 32.2 Å². The molecule has 1 amide bonds. The van der Waals surface area contributed by atoms with E-state index < -0.39 is 0 Å². The molecule has 0 bridgehead atoms. The molecule has 0 aliphatic carbocycles. The maximum absolute atomic E-state index is 12.5. The monoisotopic (exact) mass is 454 g/mol. The molecule has 1 N–H and O–H groups in total. The minimum absolute atomic E-state index is 0.258. The molecule has 1 atom stereocenters. The molecular weight excluding hydrogens is 439 g/mol. The number of aromatic nitrogens is 3. The molecule has 5 nitrogen and oxygen atoms in total. The molecule has 0 radical (unpaired) electrons. The fourth-order valence-corrected chi connectivity index (χ4v) is 3.99. The first kappa shape index (κ1) is 21.0. The lowest BCUT2D eigenvalue weighted by Crippen LogP contribution is -2.28. The zero-order valence-electron chi connectivity index (χ0n) is 15.1. The molecule has 1 aromatic heterocycles. The van der Waals surface area contributed by atoms with Crippen LogP contribution in [0.2, 0.25) is 15.1 Å². The van der Waals surface area contributed by atoms with E-state index in [-0.39, 0.29) is 11.9 Å². The number of carbonyl (C=O) groups excluding carboxylic acids is 1. The van der Waals surface area contributed by atoms with Crippen molar-refractivity contribution in [2.75, 3.05) is 0 Å². The van der Waals surface area contributed by atoms with Crippen molar-refractivity contribution in [1.82, 2.24) is 20.1 Å². The second kappa shape index (κ2) is 9.18. The van der Waals surface area contributed by atoms with Crippen LogP contribution in [0, 0.1) is 0 Å². The Labute approximate surface area is 182 Å². The third-order valence-corrected chi connectivity index (χ3v) is 6.23. The van der Waals surface area contributed by atoms with Crippen LogP contribution in [0.1, 0.15) is 34.7 Å². The summed E-state index contributed by atoms with van der Waals surface area (Å²) >= 11 is 19.6. The third kappa shape index (κ3) is 4.81. The van der Waals surface area contributed by atoms with Crippen molar-refractivity contribution in [3.8, 4) is 0 Å². The van der Waals surface area contributed by atoms with Crippen LogP contribution in [0.25, 0.3) is 0 Å². The largest absolute Gasteiger partial charge is 0.342 e. The van der Waals surface area contributed by atoms with E-state index >= 15 is 0 Å². The van der Waals surface area contributed by atoms with Gasteiger partial charge in [0.15, 0.2) is 11.0 Å². The molecule has 9 heteroatoms. The molecule has 28 heavy (non-hydrogen) atoms. The molecule has 0 aliphatic heterocycles. The van der Waals surface area contributed by atoms with E-state index in [2.05, 4.69) is 15.5 Å². The van der Waals surface area contributed by atoms with E-state index in [1.54, 1.807) is 30.3 Å². The predicted octanol–water partition coefficient (Wildman–Crippen LogP) is 5.56. The lowest BCUT2D eigenvalue weighted by Gasteiger charge is -2.14. The van der Waals surface area contributed by atoms with E-state index in [1.807, 2.05) is 30.7 Å². The number of benzene rings is 2. The van der Waals surface area contributed by atoms with Crippen molar-refractivity contribution in [3.05, 3.63) is 74.5 Å². The van der Waals surface area contributed by atoms with E-state index in [4.69, 9.17) is 34.8 Å². The van der Waals surface area contributed by atoms with Crippen LogP contribution in [-0.2, 0) is 12.8 Å². The van der Waals surface area contributed by atoms with Crippen LogP contribution in [0.5, 0.6) is 0 Å². The molecule has 146 valence electrons. The van der Waals surface area contributed by atoms with Gasteiger partial charge >= 0.3 is 0 Å². The zero-order chi connectivity index (χ0) is 20.3. The van der Waals surface area contributed by atoms with Crippen molar-refractivity contribution >= 4 is 52.5 Å². The van der Waals surface area contributed by atoms with Gasteiger partial charge in [0.2, 0.25) is 0 Å². The molecule has 0 saturated carbocycles. The molecule has 0 unspecified atom stereocenters. The second-order valence-corrected chi connectivity index (χ2v) is 8.28. The summed E-state index contributed by atoms with van der Waals surface area (Å²) in [6.45, 7) is 1.85. The Morgan fingerprint density at radius 3 is 2.57 bits per heavy atom. The van der Waals surface area contributed by atoms with Gasteiger partial charge in [-0.15, -0.1) is 10.2 Å². The number of nitrogens with one attached hydrogen (secondary N) is 1. The Morgan fingerprint density at radius 1 is 1.11 bits per heavy atom. The summed E-state index contributed by atoms with van der Waals surface area (Å²) in [6.07, 6.45) is 0. The Hall–Kier alpha value is -1.73. The van der Waals surface area contributed by atoms with E-state index in [1.165, 1.54) is 11.8 Å². The normalized spacial score (nSPS) is 12.0. The number of thioether (sulfide) groups is 1. The average molecular weight is 456 g/mol. The van der Waals surface area contributed by atoms with Crippen LogP contribution in [0.3, 0.4) is 0 Å². The predicted molar refractivity (Wildman–Crippen MR) is 114 cm³/mol. The molecule has 2 aromatic carbocycles. The lowest BCUT2D eigenvalue weighted by atomic mass is 10.2. The van der Waals surface area contributed by atoms with Gasteiger partial charge in [-0.05, 0) is 36.8 Å². The number of nitrogens with zero attached hydrogens (tertiary/aromatic N) is 3. The number of carbonyl (C=O) groups is 1. The maximum Gasteiger partial charge on any atom is 0.253 e. The Morgan fingerprint density at radius 2 is 1.86 bits per heavy atom. The van der Waals surface area contributed by atoms with Gasteiger partial charge in [-0.1, -0.05) is 64.8 Å². The first-order valence-electron chi connectivity index (χ1n) is 8.38. The molecule has 0 saturated heterocycles. The summed E-state index contributed by atoms with van der Waals surface area (Å²) in [5, 5.41) is 13.6. The summed E-state index contributed by atoms with van der Waals surface area (Å²) in [6, 6.07) is 12.1. The van der Waals surface area contributed by atoms with Crippen molar-refractivity contribution < 1.29 is 4.79 Å². The Kier molecular flexibility index (Phi) is 6.88. The zero-order valence-corrected chi connectivity index (χ0v) is 18.2. The number of hydrogen-bond acceptors (Lipinski definition) is 4. The highest BCUT2D eigenvalue weighted by atomic mass is 35.5. The van der Waals surface area contributed by atoms with Crippen LogP contribution in [0.4, 0.5) is 0 Å². The first-order valence-corrected chi connectivity index (χ1v) is 10.5. The van der Waals surface area contributed by atoms with E-state index in [9.17, 15) is 4.79 Å². The number of amides is 1. The second-order valence-electron chi connectivity index (χ2n) is 6.11. The summed E-state index contributed by atoms with van der Waals surface area (Å²) in [7, 11) is 1.87. The summed E-state index contributed by atoms with van der Waals surface area (Å²) < 4.78 is 1.86. The quantitative estimate of drug-likeness (QED) is 0.494. The number of halogens is 3. The van der Waals surface area contributed by atoms with Crippen LogP contribution in [-0.4, -0.2) is 20.7 Å². The van der Waals surface area contributed by atoms with Crippen molar-refractivity contribution in [2.24, 2.45) is 7.05 Å². The third-order valence-electron chi connectivity index (χ3n) is 4.07. The van der Waals surface area contributed by atoms with E-state index in [0.717, 1.165) is 10.7 Å². The highest BCUT2D eigenvalue weighted by Gasteiger charge is 2.19. The molecule has 0 aliphatic rings. The van der Waals surface area contributed by atoms with Crippen molar-refractivity contribution in [1.29, 1.82) is 0 Å². The van der Waals surface area contributed by atoms with Crippen LogP contribution >= 0.6 is 46.6 Å². The minimum Gasteiger partial charge on any atom is -0.342 e. The van der Waals surface area contributed by atoms with Gasteiger partial charge in [-0.3, -0.25) is 4.79 Å². The van der Waals surface area contributed by atoms with Crippen molar-refractivity contribution in [3.63, 3.8) is 0 Å². The van der Waals surface area contributed by atoms with Gasteiger partial charge in [-0.2, -0.15) is 0 Å². The summed E-state index contributed by atoms with van der Waals surface area (Å²) in [5.74, 6) is 1.06. The van der Waals surface area contributed by atoms with Gasteiger partial charge in [-0.25, -0.2) is 0 Å². The van der Waals surface area contributed by atoms with Gasteiger partial charge in [0, 0.05) is 12.8 Å². The smallest absolute Gasteiger partial charge is 0.253 e.